The van der Waals surface area contributed by atoms with Crippen LogP contribution in [0.4, 0.5) is 0 Å². The molecule has 0 aliphatic heterocycles. The quantitative estimate of drug-likeness (QED) is 0.102. The molecule has 0 amide bonds. The second-order valence-electron chi connectivity index (χ2n) is 41.3. The molecule has 0 spiro atoms. The van der Waals surface area contributed by atoms with Gasteiger partial charge in [0.1, 0.15) is 35.2 Å². The number of pyridine rings is 10. The average Bonchev–Trinajstić information content (AvgIpc) is 1.62. The highest BCUT2D eigenvalue weighted by molar-refractivity contribution is 6.13. The zero-order chi connectivity index (χ0) is 96.3. The van der Waals surface area contributed by atoms with Crippen LogP contribution in [0.3, 0.4) is 0 Å². The number of benzene rings is 5. The van der Waals surface area contributed by atoms with E-state index in [1.165, 1.54) is 164 Å². The molecular formula is C122H135N10O5+5. The average molecular weight is 1820 g/mol. The minimum absolute atomic E-state index is 0.00614. The Kier molecular flexibility index (Phi) is 26.5. The molecule has 15 nitrogen and oxygen atoms in total. The predicted octanol–water partition coefficient (Wildman–Crippen LogP) is 29.2. The normalized spacial score (nSPS) is 13.4. The summed E-state index contributed by atoms with van der Waals surface area (Å²) in [5.74, 6) is 1.67. The highest BCUT2D eigenvalue weighted by Crippen LogP contribution is 2.46. The third-order valence-corrected chi connectivity index (χ3v) is 28.7. The van der Waals surface area contributed by atoms with Gasteiger partial charge in [0.05, 0.1) is 27.8 Å². The number of hydrogen-bond acceptors (Lipinski definition) is 10. The molecule has 0 atom stereocenters. The summed E-state index contributed by atoms with van der Waals surface area (Å²) in [7, 11) is 10.5. The first kappa shape index (κ1) is 94.0. The first-order valence-electron chi connectivity index (χ1n) is 49.9. The Morgan fingerprint density at radius 1 is 0.307 bits per heavy atom. The molecule has 0 N–H and O–H groups in total. The van der Waals surface area contributed by atoms with Crippen molar-refractivity contribution >= 4 is 110 Å². The standard InChI is InChI=1S/C26H29N2O.C25H27N2O.C25H29N2O.C24H27N2O.C22H23N2O/c1-4-18-14-15-28(3)23(16-18)24-17(2)10-11-20-21-12-13-22(19-8-6-5-7-9-19)27-26(21)29-25(20)24;1-4-17-13-14-27(3)22(15-17)23-16(2)9-10-19-20-11-12-21(18-7-5-6-8-18)26-25(20)28-24(19)23;1-7-17-12-13-27(6)21(14-17)22-16(2)8-10-19-20-11-9-18(15-25(3,4)5)26-24(20)28-23(19)22;1-7-16-12-13-26(6)19(14-16)21-15(2)8-9-17-18-10-11-20(24(3,4)5)25-23(18)27-22(17)21;1-13(2)16-10-11-24(5)19(12-16)20-14(3)6-8-17-18-9-7-15(4)23-22(18)25-21(17)20/h10-16,19H,4-9H2,1-3H3;9-15,18H,4-8H2,1-3H3;8-14H,7,15H2,1-6H3;8-14H,7H2,1-6H3;6-13H,1-5H3/q5*+1. The fraction of sp³-hybridized carbons (Fsp3) is 0.344. The third kappa shape index (κ3) is 18.8. The van der Waals surface area contributed by atoms with Crippen molar-refractivity contribution in [3.63, 3.8) is 0 Å². The molecular weight excluding hydrogens is 1690 g/mol. The molecule has 2 fully saturated rings. The van der Waals surface area contributed by atoms with Gasteiger partial charge in [0.15, 0.2) is 58.9 Å². The molecule has 0 bridgehead atoms. The van der Waals surface area contributed by atoms with Gasteiger partial charge >= 0.3 is 0 Å². The van der Waals surface area contributed by atoms with E-state index >= 15 is 0 Å². The lowest BCUT2D eigenvalue weighted by atomic mass is 9.86. The van der Waals surface area contributed by atoms with Gasteiger partial charge in [-0.25, -0.2) is 47.8 Å². The number of rotatable bonds is 13. The second kappa shape index (κ2) is 38.6. The molecule has 20 aromatic rings. The van der Waals surface area contributed by atoms with Crippen LogP contribution in [0.2, 0.25) is 0 Å². The van der Waals surface area contributed by atoms with Gasteiger partial charge in [-0.05, 0) is 227 Å². The Bertz CT molecular complexity index is 8000. The zero-order valence-corrected chi connectivity index (χ0v) is 84.9. The third-order valence-electron chi connectivity index (χ3n) is 28.7. The maximum atomic E-state index is 6.45. The lowest BCUT2D eigenvalue weighted by molar-refractivity contribution is -0.660. The Labute approximate surface area is 806 Å². The van der Waals surface area contributed by atoms with E-state index in [9.17, 15) is 0 Å². The van der Waals surface area contributed by atoms with Crippen molar-refractivity contribution in [2.75, 3.05) is 0 Å². The van der Waals surface area contributed by atoms with Crippen molar-refractivity contribution in [3.05, 3.63) is 297 Å². The summed E-state index contributed by atoms with van der Waals surface area (Å²) in [6.07, 6.45) is 27.3. The van der Waals surface area contributed by atoms with E-state index in [0.717, 1.165) is 171 Å². The van der Waals surface area contributed by atoms with Crippen molar-refractivity contribution in [2.45, 2.75) is 238 Å². The van der Waals surface area contributed by atoms with E-state index in [4.69, 9.17) is 42.0 Å². The molecule has 22 rings (SSSR count). The van der Waals surface area contributed by atoms with Gasteiger partial charge in [-0.2, -0.15) is 0 Å². The van der Waals surface area contributed by atoms with Gasteiger partial charge in [0, 0.05) is 160 Å². The topological polar surface area (TPSA) is 150 Å². The molecule has 137 heavy (non-hydrogen) atoms. The van der Waals surface area contributed by atoms with Gasteiger partial charge in [-0.1, -0.05) is 176 Å². The number of hydrogen-bond donors (Lipinski definition) is 0. The lowest BCUT2D eigenvalue weighted by Gasteiger charge is -2.20. The highest BCUT2D eigenvalue weighted by Gasteiger charge is 2.31. The van der Waals surface area contributed by atoms with Crippen molar-refractivity contribution in [3.8, 4) is 56.3 Å². The van der Waals surface area contributed by atoms with E-state index in [0.29, 0.717) is 23.5 Å². The molecule has 0 saturated heterocycles. The van der Waals surface area contributed by atoms with Crippen LogP contribution in [0.25, 0.3) is 167 Å². The SMILES string of the molecule is CCc1cc[n+](C)c(-c2c(C)ccc3c2oc2nc(C(C)(C)C)ccc23)c1.CCc1cc[n+](C)c(-c2c(C)ccc3c2oc2nc(C4CCCC4)ccc23)c1.CCc1cc[n+](C)c(-c2c(C)ccc3c2oc2nc(C4CCCCC4)ccc23)c1.CCc1cc[n+](C)c(-c2c(C)ccc3c2oc2nc(CC(C)(C)C)ccc23)c1.Cc1ccc2c(n1)oc1c(-c3cc(C(C)C)cc[n+]3C)c(C)ccc12. The van der Waals surface area contributed by atoms with Crippen LogP contribution >= 0.6 is 0 Å². The molecule has 698 valence electrons. The van der Waals surface area contributed by atoms with Crippen LogP contribution in [0.15, 0.2) is 235 Å². The maximum absolute atomic E-state index is 6.45. The Hall–Kier alpha value is -13.4. The van der Waals surface area contributed by atoms with E-state index in [1.807, 2.05) is 13.0 Å². The van der Waals surface area contributed by atoms with Gasteiger partial charge in [0.2, 0.25) is 57.0 Å². The summed E-state index contributed by atoms with van der Waals surface area (Å²) in [5, 5.41) is 11.2. The smallest absolute Gasteiger partial charge is 0.227 e. The van der Waals surface area contributed by atoms with Crippen LogP contribution < -0.4 is 22.8 Å². The molecule has 5 aromatic carbocycles. The zero-order valence-electron chi connectivity index (χ0n) is 84.9. The largest absolute Gasteiger partial charge is 0.437 e. The number of aryl methyl sites for hydroxylation is 15. The summed E-state index contributed by atoms with van der Waals surface area (Å²) in [6.45, 7) is 39.2. The highest BCUT2D eigenvalue weighted by atomic mass is 16.4. The fourth-order valence-electron chi connectivity index (χ4n) is 20.5. The van der Waals surface area contributed by atoms with E-state index in [1.54, 1.807) is 0 Å². The van der Waals surface area contributed by atoms with Crippen molar-refractivity contribution in [2.24, 2.45) is 40.7 Å². The molecule has 2 aliphatic carbocycles. The van der Waals surface area contributed by atoms with Crippen molar-refractivity contribution in [1.29, 1.82) is 0 Å². The van der Waals surface area contributed by atoms with Gasteiger partial charge in [-0.15, -0.1) is 0 Å². The van der Waals surface area contributed by atoms with Gasteiger partial charge < -0.3 is 22.1 Å². The van der Waals surface area contributed by atoms with Crippen LogP contribution in [-0.2, 0) is 72.8 Å². The van der Waals surface area contributed by atoms with Crippen molar-refractivity contribution in [1.82, 2.24) is 24.9 Å². The van der Waals surface area contributed by atoms with Gasteiger partial charge in [-0.3, -0.25) is 0 Å². The fourth-order valence-corrected chi connectivity index (χ4v) is 20.5. The molecule has 15 aromatic heterocycles. The van der Waals surface area contributed by atoms with Crippen LogP contribution in [-0.4, -0.2) is 24.9 Å². The van der Waals surface area contributed by atoms with Crippen molar-refractivity contribution < 1.29 is 44.9 Å². The minimum Gasteiger partial charge on any atom is -0.437 e. The molecule has 2 saturated carbocycles. The number of nitrogens with zero attached hydrogens (tertiary/aromatic N) is 10. The van der Waals surface area contributed by atoms with Gasteiger partial charge in [0.25, 0.3) is 0 Å². The van der Waals surface area contributed by atoms with Crippen LogP contribution in [0, 0.1) is 47.0 Å². The van der Waals surface area contributed by atoms with E-state index in [-0.39, 0.29) is 10.8 Å². The molecule has 0 unspecified atom stereocenters. The summed E-state index contributed by atoms with van der Waals surface area (Å²) < 4.78 is 42.7. The number of furan rings is 5. The Balaban J connectivity index is 0.000000114. The predicted molar refractivity (Wildman–Crippen MR) is 560 cm³/mol. The number of aromatic nitrogens is 10. The molecule has 15 heteroatoms. The lowest BCUT2D eigenvalue weighted by Crippen LogP contribution is -2.31. The molecule has 0 radical (unpaired) electrons. The summed E-state index contributed by atoms with van der Waals surface area (Å²) >= 11 is 0. The van der Waals surface area contributed by atoms with E-state index < -0.39 is 0 Å². The Morgan fingerprint density at radius 3 is 0.920 bits per heavy atom. The summed E-state index contributed by atoms with van der Waals surface area (Å²) in [6, 6.07) is 65.7. The number of fused-ring (bicyclic) bond motifs is 15. The second-order valence-corrected chi connectivity index (χ2v) is 41.3. The van der Waals surface area contributed by atoms with Crippen LogP contribution in [0.5, 0.6) is 0 Å². The summed E-state index contributed by atoms with van der Waals surface area (Å²) in [5.41, 5.74) is 38.6. The molecule has 2 aliphatic rings. The first-order chi connectivity index (χ1) is 65.8. The monoisotopic (exact) mass is 1820 g/mol. The Morgan fingerprint density at radius 2 is 0.591 bits per heavy atom. The van der Waals surface area contributed by atoms with E-state index in [2.05, 4.69) is 388 Å². The summed E-state index contributed by atoms with van der Waals surface area (Å²) in [4.78, 5) is 24.2. The first-order valence-corrected chi connectivity index (χ1v) is 49.9. The maximum Gasteiger partial charge on any atom is 0.227 e. The minimum atomic E-state index is -0.00614. The van der Waals surface area contributed by atoms with Crippen LogP contribution in [0.1, 0.15) is 243 Å². The molecule has 15 heterocycles.